The van der Waals surface area contributed by atoms with Gasteiger partial charge < -0.3 is 26.2 Å². The lowest BCUT2D eigenvalue weighted by Gasteiger charge is -2.29. The van der Waals surface area contributed by atoms with Gasteiger partial charge in [0.1, 0.15) is 5.60 Å². The molecule has 0 saturated heterocycles. The third-order valence-corrected chi connectivity index (χ3v) is 3.20. The monoisotopic (exact) mass is 337 g/mol. The van der Waals surface area contributed by atoms with Crippen molar-refractivity contribution in [2.24, 2.45) is 0 Å². The van der Waals surface area contributed by atoms with Gasteiger partial charge in [-0.25, -0.2) is 9.59 Å². The first-order chi connectivity index (χ1) is 10.9. The number of carboxylic acid groups (broad SMARTS) is 1. The maximum atomic E-state index is 11.8. The van der Waals surface area contributed by atoms with Crippen LogP contribution in [0.2, 0.25) is 0 Å². The van der Waals surface area contributed by atoms with E-state index in [1.807, 2.05) is 34.6 Å². The first-order valence-electron chi connectivity index (χ1n) is 7.77. The van der Waals surface area contributed by atoms with Crippen LogP contribution < -0.4 is 16.4 Å². The molecular weight excluding hydrogens is 310 g/mol. The number of aromatic carboxylic acids is 1. The molecule has 1 rings (SSSR count). The van der Waals surface area contributed by atoms with Gasteiger partial charge >= 0.3 is 12.1 Å². The first-order valence-corrected chi connectivity index (χ1v) is 7.77. The fourth-order valence-electron chi connectivity index (χ4n) is 2.01. The number of nitrogens with one attached hydrogen (secondary N) is 2. The Bertz CT molecular complexity index is 606. The standard InChI is InChI=1S/C17H27N3O4/c1-16(2,3)24-15(23)20-17(4,5)8-9-19-13-7-6-11(14(21)22)10-12(13)18/h6-7,10,19H,8-9,18H2,1-5H3,(H,20,23)(H,21,22). The molecule has 0 unspecified atom stereocenters. The predicted molar refractivity (Wildman–Crippen MR) is 94.4 cm³/mol. The Labute approximate surface area is 142 Å². The Kier molecular flexibility index (Phi) is 6.06. The zero-order valence-electron chi connectivity index (χ0n) is 14.9. The Morgan fingerprint density at radius 3 is 2.33 bits per heavy atom. The molecule has 24 heavy (non-hydrogen) atoms. The number of carboxylic acids is 1. The molecule has 0 aliphatic rings. The highest BCUT2D eigenvalue weighted by atomic mass is 16.6. The second-order valence-electron chi connectivity index (χ2n) is 7.29. The Morgan fingerprint density at radius 1 is 1.21 bits per heavy atom. The molecule has 0 aromatic heterocycles. The SMILES string of the molecule is CC(C)(CCNc1ccc(C(=O)O)cc1N)NC(=O)OC(C)(C)C. The summed E-state index contributed by atoms with van der Waals surface area (Å²) >= 11 is 0. The molecule has 0 aliphatic heterocycles. The van der Waals surface area contributed by atoms with Gasteiger partial charge in [0.25, 0.3) is 0 Å². The summed E-state index contributed by atoms with van der Waals surface area (Å²) in [5.74, 6) is -1.02. The minimum Gasteiger partial charge on any atom is -0.478 e. The van der Waals surface area contributed by atoms with Crippen LogP contribution in [0.3, 0.4) is 0 Å². The zero-order chi connectivity index (χ0) is 18.5. The number of carbonyl (C=O) groups is 2. The lowest BCUT2D eigenvalue weighted by Crippen LogP contribution is -2.46. The average molecular weight is 337 g/mol. The van der Waals surface area contributed by atoms with Gasteiger partial charge in [-0.15, -0.1) is 0 Å². The molecule has 134 valence electrons. The molecule has 0 saturated carbocycles. The molecule has 0 radical (unpaired) electrons. The normalized spacial score (nSPS) is 11.7. The molecule has 0 heterocycles. The van der Waals surface area contributed by atoms with Crippen molar-refractivity contribution in [2.45, 2.75) is 52.2 Å². The lowest BCUT2D eigenvalue weighted by molar-refractivity contribution is 0.0469. The zero-order valence-corrected chi connectivity index (χ0v) is 14.9. The summed E-state index contributed by atoms with van der Waals surface area (Å²) in [6, 6.07) is 4.53. The first kappa shape index (κ1) is 19.6. The van der Waals surface area contributed by atoms with Gasteiger partial charge in [-0.2, -0.15) is 0 Å². The quantitative estimate of drug-likeness (QED) is 0.593. The summed E-state index contributed by atoms with van der Waals surface area (Å²) in [5, 5.41) is 14.9. The van der Waals surface area contributed by atoms with Crippen molar-refractivity contribution in [3.8, 4) is 0 Å². The number of alkyl carbamates (subject to hydrolysis) is 1. The summed E-state index contributed by atoms with van der Waals surface area (Å²) < 4.78 is 5.25. The van der Waals surface area contributed by atoms with Crippen molar-refractivity contribution in [1.29, 1.82) is 0 Å². The average Bonchev–Trinajstić information content (AvgIpc) is 2.37. The molecule has 0 bridgehead atoms. The lowest BCUT2D eigenvalue weighted by atomic mass is 10.0. The third kappa shape index (κ3) is 6.76. The molecule has 0 fully saturated rings. The van der Waals surface area contributed by atoms with Crippen molar-refractivity contribution in [1.82, 2.24) is 5.32 Å². The summed E-state index contributed by atoms with van der Waals surface area (Å²) in [6.45, 7) is 9.78. The van der Waals surface area contributed by atoms with Gasteiger partial charge in [0, 0.05) is 12.1 Å². The second kappa shape index (κ2) is 7.42. The van der Waals surface area contributed by atoms with E-state index in [4.69, 9.17) is 15.6 Å². The number of rotatable bonds is 6. The minimum absolute atomic E-state index is 0.143. The van der Waals surface area contributed by atoms with Crippen LogP contribution >= 0.6 is 0 Å². The van der Waals surface area contributed by atoms with Gasteiger partial charge in [-0.1, -0.05) is 0 Å². The smallest absolute Gasteiger partial charge is 0.408 e. The van der Waals surface area contributed by atoms with E-state index in [-0.39, 0.29) is 5.56 Å². The highest BCUT2D eigenvalue weighted by Gasteiger charge is 2.24. The summed E-state index contributed by atoms with van der Waals surface area (Å²) in [7, 11) is 0. The molecule has 1 aromatic carbocycles. The van der Waals surface area contributed by atoms with Crippen molar-refractivity contribution in [2.75, 3.05) is 17.6 Å². The van der Waals surface area contributed by atoms with Crippen LogP contribution in [0.5, 0.6) is 0 Å². The van der Waals surface area contributed by atoms with Crippen molar-refractivity contribution < 1.29 is 19.4 Å². The van der Waals surface area contributed by atoms with Crippen LogP contribution in [0.15, 0.2) is 18.2 Å². The van der Waals surface area contributed by atoms with E-state index in [1.54, 1.807) is 6.07 Å². The second-order valence-corrected chi connectivity index (χ2v) is 7.29. The van der Waals surface area contributed by atoms with Gasteiger partial charge in [0.05, 0.1) is 16.9 Å². The number of carbonyl (C=O) groups excluding carboxylic acids is 1. The number of hydrogen-bond acceptors (Lipinski definition) is 5. The highest BCUT2D eigenvalue weighted by Crippen LogP contribution is 2.21. The van der Waals surface area contributed by atoms with Crippen molar-refractivity contribution in [3.05, 3.63) is 23.8 Å². The van der Waals surface area contributed by atoms with Crippen LogP contribution in [0.4, 0.5) is 16.2 Å². The molecule has 0 spiro atoms. The fraction of sp³-hybridized carbons (Fsp3) is 0.529. The Balaban J connectivity index is 2.54. The van der Waals surface area contributed by atoms with E-state index >= 15 is 0 Å². The van der Waals surface area contributed by atoms with Gasteiger partial charge in [-0.3, -0.25) is 0 Å². The molecule has 0 atom stereocenters. The van der Waals surface area contributed by atoms with Gasteiger partial charge in [0.2, 0.25) is 0 Å². The van der Waals surface area contributed by atoms with Crippen LogP contribution in [-0.4, -0.2) is 34.9 Å². The molecular formula is C17H27N3O4. The topological polar surface area (TPSA) is 114 Å². The predicted octanol–water partition coefficient (Wildman–Crippen LogP) is 3.07. The molecule has 7 heteroatoms. The number of hydrogen-bond donors (Lipinski definition) is 4. The van der Waals surface area contributed by atoms with Crippen LogP contribution in [0.25, 0.3) is 0 Å². The fourth-order valence-corrected chi connectivity index (χ4v) is 2.01. The van der Waals surface area contributed by atoms with Crippen molar-refractivity contribution in [3.63, 3.8) is 0 Å². The van der Waals surface area contributed by atoms with E-state index in [0.29, 0.717) is 24.3 Å². The van der Waals surface area contributed by atoms with E-state index in [1.165, 1.54) is 12.1 Å². The van der Waals surface area contributed by atoms with E-state index in [0.717, 1.165) is 0 Å². The van der Waals surface area contributed by atoms with Gasteiger partial charge in [0.15, 0.2) is 0 Å². The van der Waals surface area contributed by atoms with E-state index in [2.05, 4.69) is 10.6 Å². The van der Waals surface area contributed by atoms with E-state index in [9.17, 15) is 9.59 Å². The largest absolute Gasteiger partial charge is 0.478 e. The molecule has 1 aromatic rings. The van der Waals surface area contributed by atoms with E-state index < -0.39 is 23.2 Å². The van der Waals surface area contributed by atoms with Crippen molar-refractivity contribution >= 4 is 23.4 Å². The van der Waals surface area contributed by atoms with Gasteiger partial charge in [-0.05, 0) is 59.2 Å². The maximum absolute atomic E-state index is 11.8. The van der Waals surface area contributed by atoms with Crippen LogP contribution in [0, 0.1) is 0 Å². The maximum Gasteiger partial charge on any atom is 0.408 e. The Morgan fingerprint density at radius 2 is 1.83 bits per heavy atom. The minimum atomic E-state index is -1.02. The number of amides is 1. The summed E-state index contributed by atoms with van der Waals surface area (Å²) in [4.78, 5) is 22.7. The van der Waals surface area contributed by atoms with Crippen LogP contribution in [-0.2, 0) is 4.74 Å². The number of benzene rings is 1. The molecule has 0 aliphatic carbocycles. The number of ether oxygens (including phenoxy) is 1. The molecule has 7 nitrogen and oxygen atoms in total. The number of nitrogens with two attached hydrogens (primary N) is 1. The summed E-state index contributed by atoms with van der Waals surface area (Å²) in [5.41, 5.74) is 6.01. The molecule has 5 N–H and O–H groups in total. The summed E-state index contributed by atoms with van der Waals surface area (Å²) in [6.07, 6.45) is 0.171. The Hall–Kier alpha value is -2.44. The van der Waals surface area contributed by atoms with Crippen LogP contribution in [0.1, 0.15) is 51.4 Å². The number of nitrogen functional groups attached to an aromatic ring is 1. The number of anilines is 2. The highest BCUT2D eigenvalue weighted by molar-refractivity contribution is 5.90. The molecule has 1 amide bonds. The third-order valence-electron chi connectivity index (χ3n) is 3.20.